The van der Waals surface area contributed by atoms with Crippen LogP contribution in [0.2, 0.25) is 0 Å². The van der Waals surface area contributed by atoms with Crippen molar-refractivity contribution in [3.8, 4) is 0 Å². The van der Waals surface area contributed by atoms with Crippen LogP contribution in [-0.2, 0) is 16.1 Å². The molecule has 2 aliphatic rings. The van der Waals surface area contributed by atoms with Gasteiger partial charge in [0.05, 0.1) is 24.6 Å². The van der Waals surface area contributed by atoms with E-state index in [4.69, 9.17) is 0 Å². The third-order valence-corrected chi connectivity index (χ3v) is 5.46. The lowest BCUT2D eigenvalue weighted by molar-refractivity contribution is -0.140. The van der Waals surface area contributed by atoms with Gasteiger partial charge in [-0.05, 0) is 12.5 Å². The second-order valence-electron chi connectivity index (χ2n) is 7.22. The van der Waals surface area contributed by atoms with Gasteiger partial charge in [0, 0.05) is 30.9 Å². The van der Waals surface area contributed by atoms with Crippen LogP contribution in [0.4, 0.5) is 5.82 Å². The highest BCUT2D eigenvalue weighted by atomic mass is 16.2. The van der Waals surface area contributed by atoms with Crippen molar-refractivity contribution < 1.29 is 9.59 Å². The predicted octanol–water partition coefficient (Wildman–Crippen LogP) is 1.66. The Labute approximate surface area is 156 Å². The van der Waals surface area contributed by atoms with Crippen LogP contribution in [0, 0.1) is 18.8 Å². The monoisotopic (exact) mass is 361 g/mol. The van der Waals surface area contributed by atoms with Crippen molar-refractivity contribution >= 4 is 23.3 Å². The summed E-state index contributed by atoms with van der Waals surface area (Å²) in [6.45, 7) is 3.34. The minimum Gasteiger partial charge on any atom is -0.355 e. The van der Waals surface area contributed by atoms with Gasteiger partial charge >= 0.3 is 0 Å². The van der Waals surface area contributed by atoms with Crippen LogP contribution >= 0.6 is 0 Å². The van der Waals surface area contributed by atoms with E-state index in [1.807, 2.05) is 49.4 Å². The molecule has 2 aromatic heterocycles. The Kier molecular flexibility index (Phi) is 3.50. The van der Waals surface area contributed by atoms with Crippen LogP contribution in [-0.4, -0.2) is 44.4 Å². The van der Waals surface area contributed by atoms with Crippen LogP contribution in [0.1, 0.15) is 11.3 Å². The Morgan fingerprint density at radius 2 is 1.74 bits per heavy atom. The molecule has 1 aromatic carbocycles. The summed E-state index contributed by atoms with van der Waals surface area (Å²) in [5, 5.41) is 4.34. The molecule has 7 nitrogen and oxygen atoms in total. The van der Waals surface area contributed by atoms with E-state index in [1.54, 1.807) is 10.7 Å². The first-order valence-corrected chi connectivity index (χ1v) is 9.07. The molecule has 136 valence electrons. The normalized spacial score (nSPS) is 22.1. The molecule has 2 atom stereocenters. The van der Waals surface area contributed by atoms with Crippen LogP contribution in [0.15, 0.2) is 48.7 Å². The van der Waals surface area contributed by atoms with E-state index in [9.17, 15) is 9.59 Å². The zero-order valence-electron chi connectivity index (χ0n) is 14.9. The fraction of sp³-hybridized carbons (Fsp3) is 0.300. The Balaban J connectivity index is 1.41. The first-order chi connectivity index (χ1) is 13.1. The first-order valence-electron chi connectivity index (χ1n) is 9.07. The van der Waals surface area contributed by atoms with Gasteiger partial charge in [-0.25, -0.2) is 4.98 Å². The summed E-state index contributed by atoms with van der Waals surface area (Å²) in [5.74, 6) is 0.158. The van der Waals surface area contributed by atoms with Gasteiger partial charge in [0.15, 0.2) is 5.65 Å². The molecule has 2 saturated heterocycles. The molecule has 0 radical (unpaired) electrons. The number of amides is 2. The van der Waals surface area contributed by atoms with Crippen molar-refractivity contribution in [2.75, 3.05) is 18.0 Å². The van der Waals surface area contributed by atoms with Gasteiger partial charge in [-0.3, -0.25) is 14.5 Å². The maximum Gasteiger partial charge on any atom is 0.235 e. The fourth-order valence-corrected chi connectivity index (χ4v) is 4.17. The number of hydrogen-bond donors (Lipinski definition) is 0. The van der Waals surface area contributed by atoms with Gasteiger partial charge in [0.25, 0.3) is 0 Å². The molecule has 0 saturated carbocycles. The third kappa shape index (κ3) is 2.50. The van der Waals surface area contributed by atoms with E-state index in [2.05, 4.69) is 15.0 Å². The van der Waals surface area contributed by atoms with Crippen molar-refractivity contribution in [1.29, 1.82) is 0 Å². The van der Waals surface area contributed by atoms with Crippen LogP contribution in [0.5, 0.6) is 0 Å². The van der Waals surface area contributed by atoms with Crippen LogP contribution < -0.4 is 4.90 Å². The van der Waals surface area contributed by atoms with E-state index < -0.39 is 0 Å². The summed E-state index contributed by atoms with van der Waals surface area (Å²) < 4.78 is 1.77. The molecule has 0 spiro atoms. The molecule has 2 unspecified atom stereocenters. The zero-order chi connectivity index (χ0) is 18.5. The highest BCUT2D eigenvalue weighted by molar-refractivity contribution is 6.06. The van der Waals surface area contributed by atoms with Crippen LogP contribution in [0.25, 0.3) is 5.65 Å². The molecule has 0 N–H and O–H groups in total. The lowest BCUT2D eigenvalue weighted by atomic mass is 10.00. The Bertz CT molecular complexity index is 1020. The summed E-state index contributed by atoms with van der Waals surface area (Å²) >= 11 is 0. The third-order valence-electron chi connectivity index (χ3n) is 5.46. The van der Waals surface area contributed by atoms with Crippen molar-refractivity contribution in [1.82, 2.24) is 19.5 Å². The van der Waals surface area contributed by atoms with E-state index in [1.165, 1.54) is 4.90 Å². The van der Waals surface area contributed by atoms with E-state index in [0.29, 0.717) is 19.6 Å². The highest BCUT2D eigenvalue weighted by Gasteiger charge is 2.52. The average Bonchev–Trinajstić information content (AvgIpc) is 3.36. The lowest BCUT2D eigenvalue weighted by Gasteiger charge is -2.23. The van der Waals surface area contributed by atoms with E-state index in [0.717, 1.165) is 22.7 Å². The van der Waals surface area contributed by atoms with Crippen molar-refractivity contribution in [3.63, 3.8) is 0 Å². The van der Waals surface area contributed by atoms with Gasteiger partial charge in [-0.15, -0.1) is 0 Å². The highest BCUT2D eigenvalue weighted by Crippen LogP contribution is 2.36. The standard InChI is InChI=1S/C20H19N5O2/c1-13-9-18(25-17(22-13)7-8-21-25)23-11-15-16(12-23)20(27)24(19(15)26)10-14-5-3-2-4-6-14/h2-9,15-16H,10-12H2,1H3. The number of fused-ring (bicyclic) bond motifs is 2. The second kappa shape index (κ2) is 5.90. The van der Waals surface area contributed by atoms with E-state index >= 15 is 0 Å². The maximum atomic E-state index is 12.9. The minimum absolute atomic E-state index is 0.0705. The molecular formula is C20H19N5O2. The molecule has 4 heterocycles. The Morgan fingerprint density at radius 3 is 2.44 bits per heavy atom. The van der Waals surface area contributed by atoms with Gasteiger partial charge in [-0.2, -0.15) is 9.61 Å². The number of hydrogen-bond acceptors (Lipinski definition) is 5. The van der Waals surface area contributed by atoms with Crippen molar-refractivity contribution in [2.45, 2.75) is 13.5 Å². The molecule has 0 aliphatic carbocycles. The fourth-order valence-electron chi connectivity index (χ4n) is 4.17. The van der Waals surface area contributed by atoms with Crippen molar-refractivity contribution in [3.05, 3.63) is 59.9 Å². The number of aromatic nitrogens is 3. The molecule has 2 fully saturated rings. The van der Waals surface area contributed by atoms with Gasteiger partial charge in [-0.1, -0.05) is 30.3 Å². The number of rotatable bonds is 3. The number of carbonyl (C=O) groups is 2. The van der Waals surface area contributed by atoms with Crippen molar-refractivity contribution in [2.24, 2.45) is 11.8 Å². The zero-order valence-corrected chi connectivity index (χ0v) is 14.9. The summed E-state index contributed by atoms with van der Waals surface area (Å²) in [4.78, 5) is 33.8. The Morgan fingerprint density at radius 1 is 1.04 bits per heavy atom. The number of likely N-dealkylation sites (tertiary alicyclic amines) is 1. The molecule has 27 heavy (non-hydrogen) atoms. The first kappa shape index (κ1) is 16.0. The molecule has 0 bridgehead atoms. The summed E-state index contributed by atoms with van der Waals surface area (Å²) in [7, 11) is 0. The SMILES string of the molecule is Cc1cc(N2CC3C(=O)N(Cc4ccccc4)C(=O)C3C2)n2nccc2n1. The topological polar surface area (TPSA) is 70.8 Å². The van der Waals surface area contributed by atoms with E-state index in [-0.39, 0.29) is 23.7 Å². The molecule has 3 aromatic rings. The van der Waals surface area contributed by atoms with Crippen LogP contribution in [0.3, 0.4) is 0 Å². The number of imide groups is 1. The van der Waals surface area contributed by atoms with Gasteiger partial charge < -0.3 is 4.90 Å². The maximum absolute atomic E-state index is 12.9. The molecule has 2 aliphatic heterocycles. The van der Waals surface area contributed by atoms with Gasteiger partial charge in [0.2, 0.25) is 11.8 Å². The lowest BCUT2D eigenvalue weighted by Crippen LogP contribution is -2.36. The number of benzene rings is 1. The number of anilines is 1. The summed E-state index contributed by atoms with van der Waals surface area (Å²) in [6.07, 6.45) is 1.71. The predicted molar refractivity (Wildman–Crippen MR) is 98.9 cm³/mol. The largest absolute Gasteiger partial charge is 0.355 e. The smallest absolute Gasteiger partial charge is 0.235 e. The molecule has 5 rings (SSSR count). The average molecular weight is 361 g/mol. The summed E-state index contributed by atoms with van der Waals surface area (Å²) in [6, 6.07) is 13.5. The Hall–Kier alpha value is -3.22. The quantitative estimate of drug-likeness (QED) is 0.664. The number of nitrogens with zero attached hydrogens (tertiary/aromatic N) is 5. The summed E-state index contributed by atoms with van der Waals surface area (Å²) in [5.41, 5.74) is 2.63. The second-order valence-corrected chi connectivity index (χ2v) is 7.22. The number of carbonyl (C=O) groups excluding carboxylic acids is 2. The molecule has 2 amide bonds. The molecule has 7 heteroatoms. The number of aryl methyl sites for hydroxylation is 1. The molecular weight excluding hydrogens is 342 g/mol. The minimum atomic E-state index is -0.291. The van der Waals surface area contributed by atoms with Gasteiger partial charge in [0.1, 0.15) is 5.82 Å².